The van der Waals surface area contributed by atoms with Crippen LogP contribution in [0.3, 0.4) is 0 Å². The highest BCUT2D eigenvalue weighted by Crippen LogP contribution is 2.17. The van der Waals surface area contributed by atoms with E-state index in [1.165, 1.54) is 19.3 Å². The van der Waals surface area contributed by atoms with Crippen LogP contribution in [0.4, 0.5) is 0 Å². The summed E-state index contributed by atoms with van der Waals surface area (Å²) in [4.78, 5) is 0. The van der Waals surface area contributed by atoms with Crippen molar-refractivity contribution in [3.63, 3.8) is 0 Å². The number of halogens is 2. The van der Waals surface area contributed by atoms with Crippen LogP contribution in [0.1, 0.15) is 0 Å². The summed E-state index contributed by atoms with van der Waals surface area (Å²) in [7, 11) is -1.64. The van der Waals surface area contributed by atoms with Gasteiger partial charge >= 0.3 is 0 Å². The van der Waals surface area contributed by atoms with E-state index in [4.69, 9.17) is 0 Å². The molecule has 2 rings (SSSR count). The fourth-order valence-corrected chi connectivity index (χ4v) is 8.30. The van der Waals surface area contributed by atoms with E-state index < -0.39 is 8.07 Å². The fourth-order valence-electron chi connectivity index (χ4n) is 2.08. The Bertz CT molecular complexity index is 488. The molecule has 0 heterocycles. The van der Waals surface area contributed by atoms with Gasteiger partial charge in [-0.2, -0.15) is 0 Å². The van der Waals surface area contributed by atoms with Crippen molar-refractivity contribution in [3.05, 3.63) is 57.5 Å². The fraction of sp³-hybridized carbons (Fsp3) is 0.143. The highest BCUT2D eigenvalue weighted by Gasteiger charge is 2.29. The summed E-state index contributed by atoms with van der Waals surface area (Å²) >= 11 is 7.35. The van der Waals surface area contributed by atoms with Crippen molar-refractivity contribution in [1.82, 2.24) is 0 Å². The summed E-state index contributed by atoms with van der Waals surface area (Å²) < 4.78 is 2.43. The molecule has 0 amide bonds. The van der Waals surface area contributed by atoms with Gasteiger partial charge in [0.1, 0.15) is 8.07 Å². The number of hydrogen-bond acceptors (Lipinski definition) is 0. The first kappa shape index (κ1) is 13.1. The largest absolute Gasteiger partial charge is 0.115 e. The zero-order chi connectivity index (χ0) is 12.5. The summed E-state index contributed by atoms with van der Waals surface area (Å²) in [6.07, 6.45) is 0. The predicted octanol–water partition coefficient (Wildman–Crippen LogP) is 4.03. The summed E-state index contributed by atoms with van der Waals surface area (Å²) in [5.74, 6) is 0. The number of benzene rings is 2. The molecule has 0 N–H and O–H groups in total. The van der Waals surface area contributed by atoms with Crippen LogP contribution in [0.15, 0.2) is 57.5 Å². The van der Waals surface area contributed by atoms with E-state index in [1.54, 1.807) is 0 Å². The summed E-state index contributed by atoms with van der Waals surface area (Å²) in [5, 5.41) is 2.87. The van der Waals surface area contributed by atoms with Crippen LogP contribution in [0.2, 0.25) is 13.1 Å². The Morgan fingerprint density at radius 3 is 1.41 bits per heavy atom. The van der Waals surface area contributed by atoms with Crippen molar-refractivity contribution >= 4 is 50.3 Å². The van der Waals surface area contributed by atoms with Crippen molar-refractivity contribution in [3.8, 4) is 0 Å². The molecule has 3 heteroatoms. The van der Waals surface area contributed by atoms with Gasteiger partial charge < -0.3 is 0 Å². The molecule has 2 aromatic rings. The minimum atomic E-state index is -1.64. The Balaban J connectivity index is 2.58. The van der Waals surface area contributed by atoms with Gasteiger partial charge in [0, 0.05) is 8.95 Å². The van der Waals surface area contributed by atoms with Crippen LogP contribution in [-0.2, 0) is 0 Å². The molecule has 0 aliphatic rings. The molecule has 0 fully saturated rings. The molecular weight excluding hydrogens is 356 g/mol. The first-order valence-electron chi connectivity index (χ1n) is 5.53. The molecule has 88 valence electrons. The molecule has 0 saturated heterocycles. The van der Waals surface area contributed by atoms with E-state index in [9.17, 15) is 0 Å². The molecule has 0 spiro atoms. The van der Waals surface area contributed by atoms with Gasteiger partial charge in [-0.3, -0.25) is 0 Å². The summed E-state index contributed by atoms with van der Waals surface area (Å²) in [6.45, 7) is 4.76. The molecule has 0 bridgehead atoms. The van der Waals surface area contributed by atoms with Crippen LogP contribution in [-0.4, -0.2) is 8.07 Å². The molecule has 2 aromatic carbocycles. The quantitative estimate of drug-likeness (QED) is 0.701. The lowest BCUT2D eigenvalue weighted by Gasteiger charge is -2.26. The predicted molar refractivity (Wildman–Crippen MR) is 85.0 cm³/mol. The minimum Gasteiger partial charge on any atom is -0.0623 e. The second-order valence-electron chi connectivity index (χ2n) is 4.58. The Morgan fingerprint density at radius 2 is 1.06 bits per heavy atom. The van der Waals surface area contributed by atoms with E-state index >= 15 is 0 Å². The Morgan fingerprint density at radius 1 is 0.706 bits per heavy atom. The SMILES string of the molecule is C[Si](C)(c1ccccc1Br)c1ccccc1Br. The van der Waals surface area contributed by atoms with Gasteiger partial charge in [-0.25, -0.2) is 0 Å². The second kappa shape index (κ2) is 5.08. The third-order valence-corrected chi connectivity index (χ3v) is 8.77. The molecule has 0 aromatic heterocycles. The molecule has 17 heavy (non-hydrogen) atoms. The summed E-state index contributed by atoms with van der Waals surface area (Å²) in [5.41, 5.74) is 0. The average molecular weight is 370 g/mol. The highest BCUT2D eigenvalue weighted by molar-refractivity contribution is 9.11. The first-order chi connectivity index (χ1) is 8.03. The normalized spacial score (nSPS) is 11.5. The lowest BCUT2D eigenvalue weighted by atomic mass is 10.4. The van der Waals surface area contributed by atoms with Crippen LogP contribution >= 0.6 is 31.9 Å². The third kappa shape index (κ3) is 2.56. The zero-order valence-electron chi connectivity index (χ0n) is 9.87. The Hall–Kier alpha value is -0.383. The van der Waals surface area contributed by atoms with Crippen LogP contribution in [0.5, 0.6) is 0 Å². The van der Waals surface area contributed by atoms with Crippen molar-refractivity contribution in [2.24, 2.45) is 0 Å². The topological polar surface area (TPSA) is 0 Å². The molecule has 0 aliphatic heterocycles. The lowest BCUT2D eigenvalue weighted by Crippen LogP contribution is -2.53. The lowest BCUT2D eigenvalue weighted by molar-refractivity contribution is 1.62. The first-order valence-corrected chi connectivity index (χ1v) is 10.1. The van der Waals surface area contributed by atoms with E-state index in [1.807, 2.05) is 0 Å². The Labute approximate surface area is 120 Å². The minimum absolute atomic E-state index is 1.22. The van der Waals surface area contributed by atoms with Crippen molar-refractivity contribution in [2.75, 3.05) is 0 Å². The van der Waals surface area contributed by atoms with Gasteiger partial charge in [0.25, 0.3) is 0 Å². The molecule has 0 saturated carbocycles. The molecular formula is C14H14Br2Si. The average Bonchev–Trinajstić information content (AvgIpc) is 2.29. The molecule has 0 unspecified atom stereocenters. The molecule has 0 nitrogen and oxygen atoms in total. The number of rotatable bonds is 2. The van der Waals surface area contributed by atoms with Gasteiger partial charge in [-0.1, -0.05) is 81.4 Å². The van der Waals surface area contributed by atoms with Gasteiger partial charge in [0.05, 0.1) is 0 Å². The van der Waals surface area contributed by atoms with Gasteiger partial charge in [0.15, 0.2) is 0 Å². The Kier molecular flexibility index (Phi) is 3.91. The van der Waals surface area contributed by atoms with Crippen LogP contribution in [0.25, 0.3) is 0 Å². The van der Waals surface area contributed by atoms with Crippen LogP contribution < -0.4 is 10.4 Å². The molecule has 0 radical (unpaired) electrons. The third-order valence-electron chi connectivity index (χ3n) is 3.09. The van der Waals surface area contributed by atoms with Crippen molar-refractivity contribution in [2.45, 2.75) is 13.1 Å². The van der Waals surface area contributed by atoms with Crippen LogP contribution in [0, 0.1) is 0 Å². The monoisotopic (exact) mass is 368 g/mol. The maximum Gasteiger partial charge on any atom is 0.115 e. The van der Waals surface area contributed by atoms with E-state index in [-0.39, 0.29) is 0 Å². The van der Waals surface area contributed by atoms with E-state index in [2.05, 4.69) is 93.5 Å². The second-order valence-corrected chi connectivity index (χ2v) is 10.6. The molecule has 0 atom stereocenters. The molecule has 0 aliphatic carbocycles. The van der Waals surface area contributed by atoms with Gasteiger partial charge in [0.2, 0.25) is 0 Å². The van der Waals surface area contributed by atoms with Gasteiger partial charge in [-0.05, 0) is 22.5 Å². The van der Waals surface area contributed by atoms with E-state index in [0.29, 0.717) is 0 Å². The van der Waals surface area contributed by atoms with Gasteiger partial charge in [-0.15, -0.1) is 0 Å². The maximum atomic E-state index is 3.67. The van der Waals surface area contributed by atoms with Crippen molar-refractivity contribution in [1.29, 1.82) is 0 Å². The summed E-state index contributed by atoms with van der Waals surface area (Å²) in [6, 6.07) is 17.1. The highest BCUT2D eigenvalue weighted by atomic mass is 79.9. The van der Waals surface area contributed by atoms with E-state index in [0.717, 1.165) is 0 Å². The maximum absolute atomic E-state index is 3.67. The zero-order valence-corrected chi connectivity index (χ0v) is 14.0. The van der Waals surface area contributed by atoms with Crippen molar-refractivity contribution < 1.29 is 0 Å². The standard InChI is InChI=1S/C14H14Br2Si/c1-17(2,13-9-5-3-7-11(13)15)14-10-6-4-8-12(14)16/h3-10H,1-2H3. The smallest absolute Gasteiger partial charge is 0.0623 e. The number of hydrogen-bond donors (Lipinski definition) is 0.